The Hall–Kier alpha value is -0.730. The Morgan fingerprint density at radius 2 is 2.04 bits per heavy atom. The number of thioether (sulfide) groups is 1. The van der Waals surface area contributed by atoms with Crippen molar-refractivity contribution in [1.82, 2.24) is 4.72 Å². The van der Waals surface area contributed by atoms with Gasteiger partial charge in [-0.2, -0.15) is 17.9 Å². The molecule has 1 aliphatic heterocycles. The second kappa shape index (κ2) is 6.53. The number of hydrogen-bond acceptors (Lipinski definition) is 6. The molecule has 4 N–H and O–H groups in total. The summed E-state index contributed by atoms with van der Waals surface area (Å²) in [5, 5.41) is 7.09. The standard InChI is InChI=1S/C10H11ClF3N3O4S3/c11-5-1-6-8(2-7(5)23(15,18)19)24(20,21)17-9(16-6)3-22-4-10(12,13)14/h1-2,9,16-17H,3-4H2,(H2,15,18,19)/i4D2,15+1,17+1. The van der Waals surface area contributed by atoms with Crippen molar-refractivity contribution in [3.8, 4) is 0 Å². The number of rotatable bonds is 4. The van der Waals surface area contributed by atoms with Crippen LogP contribution in [0.5, 0.6) is 0 Å². The SMILES string of the molecule is [2H]C([2H])(SCC1Nc2cc(Cl)c(S([15NH2])(=O)=O)cc2S(=O)(=O)[15NH]1)C(F)(F)F. The van der Waals surface area contributed by atoms with Gasteiger partial charge in [0.2, 0.25) is 20.0 Å². The number of alkyl halides is 3. The van der Waals surface area contributed by atoms with E-state index in [-0.39, 0.29) is 22.5 Å². The van der Waals surface area contributed by atoms with Crippen LogP contribution in [0.1, 0.15) is 2.74 Å². The fraction of sp³-hybridized carbons (Fsp3) is 0.400. The lowest BCUT2D eigenvalue weighted by atomic mass is 10.3. The minimum absolute atomic E-state index is 0.151. The van der Waals surface area contributed by atoms with Gasteiger partial charge in [0, 0.05) is 8.49 Å². The molecule has 1 aliphatic rings. The van der Waals surface area contributed by atoms with Crippen LogP contribution in [0.25, 0.3) is 0 Å². The van der Waals surface area contributed by atoms with Gasteiger partial charge in [-0.15, -0.1) is 11.8 Å². The highest BCUT2D eigenvalue weighted by Gasteiger charge is 2.33. The highest BCUT2D eigenvalue weighted by molar-refractivity contribution is 7.99. The molecule has 0 radical (unpaired) electrons. The molecule has 1 unspecified atom stereocenters. The number of nitrogens with one attached hydrogen (secondary N) is 2. The van der Waals surface area contributed by atoms with Crippen LogP contribution >= 0.6 is 23.4 Å². The topological polar surface area (TPSA) is 118 Å². The predicted octanol–water partition coefficient (Wildman–Crippen LogP) is 1.31. The maximum atomic E-state index is 12.5. The zero-order valence-corrected chi connectivity index (χ0v) is 14.6. The summed E-state index contributed by atoms with van der Waals surface area (Å²) in [5.74, 6) is -0.611. The van der Waals surface area contributed by atoms with Crippen molar-refractivity contribution in [1.29, 1.82) is 0 Å². The number of benzene rings is 1. The Morgan fingerprint density at radius 1 is 1.42 bits per heavy atom. The number of nitrogens with two attached hydrogens (primary N) is 1. The van der Waals surface area contributed by atoms with E-state index in [9.17, 15) is 30.0 Å². The zero-order valence-electron chi connectivity index (χ0n) is 13.4. The van der Waals surface area contributed by atoms with Crippen LogP contribution in [-0.4, -0.2) is 40.6 Å². The highest BCUT2D eigenvalue weighted by Crippen LogP contribution is 2.34. The average Bonchev–Trinajstić information content (AvgIpc) is 2.41. The Morgan fingerprint density at radius 3 is 2.58 bits per heavy atom. The van der Waals surface area contributed by atoms with Crippen molar-refractivity contribution < 1.29 is 32.7 Å². The molecule has 0 bridgehead atoms. The van der Waals surface area contributed by atoms with Gasteiger partial charge in [-0.05, 0) is 12.1 Å². The van der Waals surface area contributed by atoms with Crippen molar-refractivity contribution in [2.24, 2.45) is 5.14 Å². The summed E-state index contributed by atoms with van der Waals surface area (Å²) in [6.45, 7) is 0. The summed E-state index contributed by atoms with van der Waals surface area (Å²) in [6, 6.07) is 1.69. The lowest BCUT2D eigenvalue weighted by Crippen LogP contribution is -2.46. The van der Waals surface area contributed by atoms with E-state index in [1.807, 2.05) is 4.72 Å². The Labute approximate surface area is 148 Å². The molecule has 1 aromatic carbocycles. The maximum Gasteiger partial charge on any atom is 0.397 e. The minimum atomic E-state index is -5.14. The molecule has 1 aromatic rings. The molecule has 0 aromatic heterocycles. The predicted molar refractivity (Wildman–Crippen MR) is 83.9 cm³/mol. The molecule has 14 heteroatoms. The largest absolute Gasteiger partial charge is 0.397 e. The molecule has 1 atom stereocenters. The molecule has 136 valence electrons. The first kappa shape index (κ1) is 16.7. The van der Waals surface area contributed by atoms with E-state index in [2.05, 4.69) is 5.32 Å². The number of sulfonamides is 2. The molecular weight excluding hydrogens is 417 g/mol. The number of halogens is 4. The maximum absolute atomic E-state index is 12.5. The third-order valence-corrected chi connectivity index (χ3v) is 6.46. The molecule has 7 nitrogen and oxygen atoms in total. The lowest BCUT2D eigenvalue weighted by molar-refractivity contribution is -0.105. The van der Waals surface area contributed by atoms with Gasteiger partial charge in [0.05, 0.1) is 22.6 Å². The summed E-state index contributed by atoms with van der Waals surface area (Å²) in [6.07, 6.45) is -6.43. The van der Waals surface area contributed by atoms with Gasteiger partial charge < -0.3 is 5.32 Å². The fourth-order valence-electron chi connectivity index (χ4n) is 1.84. The van der Waals surface area contributed by atoms with Crippen LogP contribution in [-0.2, 0) is 20.0 Å². The second-order valence-electron chi connectivity index (χ2n) is 4.55. The van der Waals surface area contributed by atoms with Crippen molar-refractivity contribution in [2.45, 2.75) is 22.1 Å². The summed E-state index contributed by atoms with van der Waals surface area (Å²) in [5.41, 5.74) is -3.74. The quantitative estimate of drug-likeness (QED) is 0.621. The van der Waals surface area contributed by atoms with Crippen molar-refractivity contribution in [2.75, 3.05) is 16.8 Å². The van der Waals surface area contributed by atoms with Gasteiger partial charge in [-0.25, -0.2) is 22.0 Å². The van der Waals surface area contributed by atoms with Gasteiger partial charge in [0.15, 0.2) is 0 Å². The van der Waals surface area contributed by atoms with Crippen LogP contribution < -0.4 is 15.2 Å². The number of anilines is 1. The summed E-state index contributed by atoms with van der Waals surface area (Å²) < 4.78 is 101. The van der Waals surface area contributed by atoms with Crippen molar-refractivity contribution in [3.63, 3.8) is 0 Å². The van der Waals surface area contributed by atoms with Crippen molar-refractivity contribution in [3.05, 3.63) is 17.2 Å². The van der Waals surface area contributed by atoms with Gasteiger partial charge in [0.1, 0.15) is 9.79 Å². The van der Waals surface area contributed by atoms with Gasteiger partial charge >= 0.3 is 6.18 Å². The Balaban J connectivity index is 2.33. The molecule has 0 amide bonds. The monoisotopic (exact) mass is 429 g/mol. The highest BCUT2D eigenvalue weighted by atomic mass is 35.5. The lowest BCUT2D eigenvalue weighted by Gasteiger charge is -2.28. The molecule has 1 heterocycles. The van der Waals surface area contributed by atoms with Gasteiger partial charge in [-0.3, -0.25) is 0 Å². The second-order valence-corrected chi connectivity index (χ2v) is 9.00. The van der Waals surface area contributed by atoms with Crippen LogP contribution in [0.3, 0.4) is 0 Å². The first-order valence-corrected chi connectivity index (χ1v) is 10.3. The molecule has 0 saturated carbocycles. The van der Waals surface area contributed by atoms with E-state index < -0.39 is 53.6 Å². The molecule has 0 aliphatic carbocycles. The third kappa shape index (κ3) is 4.67. The van der Waals surface area contributed by atoms with Crippen molar-refractivity contribution >= 4 is 49.1 Å². The normalized spacial score (nSPS) is 22.1. The summed E-state index contributed by atoms with van der Waals surface area (Å²) >= 11 is 5.62. The van der Waals surface area contributed by atoms with E-state index >= 15 is 0 Å². The summed E-state index contributed by atoms with van der Waals surface area (Å²) in [7, 11) is -8.61. The summed E-state index contributed by atoms with van der Waals surface area (Å²) in [4.78, 5) is -1.14. The zero-order chi connectivity index (χ0) is 20.1. The molecule has 0 spiro atoms. The molecule has 2 rings (SSSR count). The molecule has 0 saturated heterocycles. The van der Waals surface area contributed by atoms with E-state index in [4.69, 9.17) is 19.5 Å². The molecule has 24 heavy (non-hydrogen) atoms. The first-order valence-electron chi connectivity index (χ1n) is 6.90. The Bertz CT molecular complexity index is 941. The van der Waals surface area contributed by atoms with Gasteiger partial charge in [-0.1, -0.05) is 11.6 Å². The number of hydrogen-bond donors (Lipinski definition) is 3. The average molecular weight is 430 g/mol. The molecular formula is C10H11ClF3N3O4S3. The van der Waals surface area contributed by atoms with E-state index in [0.717, 1.165) is 12.1 Å². The van der Waals surface area contributed by atoms with Crippen LogP contribution in [0.4, 0.5) is 18.9 Å². The Kier molecular flexibility index (Phi) is 4.55. The molecule has 0 fully saturated rings. The third-order valence-electron chi connectivity index (χ3n) is 2.70. The van der Waals surface area contributed by atoms with Crippen LogP contribution in [0, 0.1) is 0 Å². The van der Waals surface area contributed by atoms with Crippen LogP contribution in [0.2, 0.25) is 5.02 Å². The van der Waals surface area contributed by atoms with E-state index in [0.29, 0.717) is 0 Å². The minimum Gasteiger partial charge on any atom is -0.367 e. The number of fused-ring (bicyclic) bond motifs is 1. The van der Waals surface area contributed by atoms with Crippen LogP contribution in [0.15, 0.2) is 21.9 Å². The van der Waals surface area contributed by atoms with Gasteiger partial charge in [0.25, 0.3) is 0 Å². The smallest absolute Gasteiger partial charge is 0.367 e. The first-order chi connectivity index (χ1) is 11.5. The van der Waals surface area contributed by atoms with E-state index in [1.165, 1.54) is 0 Å². The number of primary sulfonamides is 1. The van der Waals surface area contributed by atoms with E-state index in [1.54, 1.807) is 0 Å². The fourth-order valence-corrected chi connectivity index (χ4v) is 5.02.